The van der Waals surface area contributed by atoms with Crippen molar-refractivity contribution in [2.75, 3.05) is 12.4 Å². The lowest BCUT2D eigenvalue weighted by atomic mass is 10.1. The van der Waals surface area contributed by atoms with E-state index in [2.05, 4.69) is 11.1 Å². The molecule has 0 saturated carbocycles. The Morgan fingerprint density at radius 1 is 1.06 bits per heavy atom. The first kappa shape index (κ1) is 17.4. The van der Waals surface area contributed by atoms with Crippen LogP contribution >= 0.6 is 0 Å². The van der Waals surface area contributed by atoms with Crippen LogP contribution in [0.25, 0.3) is 0 Å². The van der Waals surface area contributed by atoms with E-state index in [1.807, 2.05) is 0 Å². The average molecular weight is 278 g/mol. The van der Waals surface area contributed by atoms with E-state index in [4.69, 9.17) is 5.11 Å². The summed E-state index contributed by atoms with van der Waals surface area (Å²) < 4.78 is 26.6. The Morgan fingerprint density at radius 3 is 2.28 bits per heavy atom. The van der Waals surface area contributed by atoms with Crippen LogP contribution in [-0.2, 0) is 14.3 Å². The Hall–Kier alpha value is -0.550. The van der Waals surface area contributed by atoms with Gasteiger partial charge in [-0.2, -0.15) is 8.42 Å². The van der Waals surface area contributed by atoms with Crippen LogP contribution in [0.15, 0.2) is 12.3 Å². The Labute approximate surface area is 111 Å². The average Bonchev–Trinajstić information content (AvgIpc) is 2.31. The van der Waals surface area contributed by atoms with Gasteiger partial charge in [-0.1, -0.05) is 45.4 Å². The van der Waals surface area contributed by atoms with Gasteiger partial charge < -0.3 is 9.29 Å². The van der Waals surface area contributed by atoms with Gasteiger partial charge in [0.2, 0.25) is 0 Å². The van der Waals surface area contributed by atoms with Gasteiger partial charge in [0.05, 0.1) is 6.61 Å². The SMILES string of the molecule is CCCCCCCCC/C=C/OS(=O)(=O)CCO. The van der Waals surface area contributed by atoms with Gasteiger partial charge in [-0.3, -0.25) is 0 Å². The largest absolute Gasteiger partial charge is 0.395 e. The Bertz CT molecular complexity index is 296. The summed E-state index contributed by atoms with van der Waals surface area (Å²) in [5.74, 6) is -0.352. The van der Waals surface area contributed by atoms with E-state index < -0.39 is 16.7 Å². The fourth-order valence-electron chi connectivity index (χ4n) is 1.57. The van der Waals surface area contributed by atoms with E-state index in [0.717, 1.165) is 12.8 Å². The summed E-state index contributed by atoms with van der Waals surface area (Å²) in [5, 5.41) is 8.48. The van der Waals surface area contributed by atoms with E-state index in [9.17, 15) is 8.42 Å². The lowest BCUT2D eigenvalue weighted by molar-refractivity contribution is 0.313. The van der Waals surface area contributed by atoms with E-state index in [0.29, 0.717) is 0 Å². The minimum atomic E-state index is -3.58. The Balaban J connectivity index is 3.38. The first-order valence-corrected chi connectivity index (χ1v) is 8.37. The van der Waals surface area contributed by atoms with Gasteiger partial charge in [0.1, 0.15) is 12.0 Å². The summed E-state index contributed by atoms with van der Waals surface area (Å²) in [6, 6.07) is 0. The van der Waals surface area contributed by atoms with Crippen molar-refractivity contribution in [2.45, 2.75) is 58.3 Å². The molecule has 0 heterocycles. The molecule has 0 aliphatic heterocycles. The molecule has 0 aromatic heterocycles. The van der Waals surface area contributed by atoms with Gasteiger partial charge in [-0.25, -0.2) is 0 Å². The number of rotatable bonds is 12. The standard InChI is InChI=1S/C13H26O4S/c1-2-3-4-5-6-7-8-9-10-12-17-18(15,16)13-11-14/h10,12,14H,2-9,11,13H2,1H3/b12-10+. The maximum absolute atomic E-state index is 11.0. The molecule has 0 rings (SSSR count). The van der Waals surface area contributed by atoms with Crippen molar-refractivity contribution in [3.63, 3.8) is 0 Å². The number of allylic oxidation sites excluding steroid dienone is 1. The molecule has 0 atom stereocenters. The number of hydrogen-bond acceptors (Lipinski definition) is 4. The number of unbranched alkanes of at least 4 members (excludes halogenated alkanes) is 7. The van der Waals surface area contributed by atoms with Gasteiger partial charge in [-0.05, 0) is 18.9 Å². The maximum Gasteiger partial charge on any atom is 0.310 e. The van der Waals surface area contributed by atoms with Gasteiger partial charge in [-0.15, -0.1) is 0 Å². The Kier molecular flexibility index (Phi) is 11.2. The summed E-state index contributed by atoms with van der Waals surface area (Å²) in [5.41, 5.74) is 0. The van der Waals surface area contributed by atoms with Crippen molar-refractivity contribution in [1.82, 2.24) is 0 Å². The van der Waals surface area contributed by atoms with Gasteiger partial charge in [0.15, 0.2) is 0 Å². The molecule has 0 aromatic rings. The molecule has 0 fully saturated rings. The predicted octanol–water partition coefficient (Wildman–Crippen LogP) is 2.98. The zero-order valence-electron chi connectivity index (χ0n) is 11.3. The topological polar surface area (TPSA) is 63.6 Å². The molecule has 5 heteroatoms. The van der Waals surface area contributed by atoms with Crippen LogP contribution in [0.3, 0.4) is 0 Å². The highest BCUT2D eigenvalue weighted by molar-refractivity contribution is 7.86. The number of hydrogen-bond donors (Lipinski definition) is 1. The summed E-state index contributed by atoms with van der Waals surface area (Å²) in [4.78, 5) is 0. The fraction of sp³-hybridized carbons (Fsp3) is 0.846. The summed E-state index contributed by atoms with van der Waals surface area (Å²) in [7, 11) is -3.58. The molecule has 0 aliphatic rings. The molecule has 0 spiro atoms. The number of aliphatic hydroxyl groups excluding tert-OH is 1. The smallest absolute Gasteiger partial charge is 0.310 e. The van der Waals surface area contributed by atoms with E-state index >= 15 is 0 Å². The molecule has 0 radical (unpaired) electrons. The van der Waals surface area contributed by atoms with Crippen LogP contribution in [0, 0.1) is 0 Å². The van der Waals surface area contributed by atoms with Gasteiger partial charge in [0, 0.05) is 0 Å². The van der Waals surface area contributed by atoms with Crippen LogP contribution in [0.1, 0.15) is 58.3 Å². The zero-order chi connectivity index (χ0) is 13.7. The van der Waals surface area contributed by atoms with Crippen molar-refractivity contribution in [3.8, 4) is 0 Å². The van der Waals surface area contributed by atoms with Gasteiger partial charge in [0.25, 0.3) is 0 Å². The third-order valence-electron chi connectivity index (χ3n) is 2.61. The molecule has 108 valence electrons. The van der Waals surface area contributed by atoms with E-state index in [-0.39, 0.29) is 5.75 Å². The van der Waals surface area contributed by atoms with Crippen molar-refractivity contribution in [1.29, 1.82) is 0 Å². The zero-order valence-corrected chi connectivity index (χ0v) is 12.1. The summed E-state index contributed by atoms with van der Waals surface area (Å²) >= 11 is 0. The van der Waals surface area contributed by atoms with E-state index in [1.165, 1.54) is 44.8 Å². The lowest BCUT2D eigenvalue weighted by Gasteiger charge is -2.00. The molecule has 0 bridgehead atoms. The van der Waals surface area contributed by atoms with Crippen molar-refractivity contribution in [2.24, 2.45) is 0 Å². The summed E-state index contributed by atoms with van der Waals surface area (Å²) in [6.07, 6.45) is 12.4. The number of aliphatic hydroxyl groups is 1. The minimum absolute atomic E-state index is 0.352. The molecular formula is C13H26O4S. The second-order valence-electron chi connectivity index (χ2n) is 4.36. The highest BCUT2D eigenvalue weighted by Gasteiger charge is 2.07. The van der Waals surface area contributed by atoms with Crippen LogP contribution in [0.2, 0.25) is 0 Å². The van der Waals surface area contributed by atoms with Crippen LogP contribution < -0.4 is 0 Å². The van der Waals surface area contributed by atoms with Crippen molar-refractivity contribution < 1.29 is 17.7 Å². The monoisotopic (exact) mass is 278 g/mol. The van der Waals surface area contributed by atoms with Crippen LogP contribution in [0.4, 0.5) is 0 Å². The lowest BCUT2D eigenvalue weighted by Crippen LogP contribution is -2.10. The second kappa shape index (κ2) is 11.5. The molecule has 0 amide bonds. The normalized spacial score (nSPS) is 12.1. The highest BCUT2D eigenvalue weighted by atomic mass is 32.2. The van der Waals surface area contributed by atoms with Gasteiger partial charge >= 0.3 is 10.1 Å². The maximum atomic E-state index is 11.0. The minimum Gasteiger partial charge on any atom is -0.395 e. The van der Waals surface area contributed by atoms with E-state index in [1.54, 1.807) is 6.08 Å². The highest BCUT2D eigenvalue weighted by Crippen LogP contribution is 2.08. The van der Waals surface area contributed by atoms with Crippen molar-refractivity contribution >= 4 is 10.1 Å². The quantitative estimate of drug-likeness (QED) is 0.339. The molecule has 18 heavy (non-hydrogen) atoms. The van der Waals surface area contributed by atoms with Crippen molar-refractivity contribution in [3.05, 3.63) is 12.3 Å². The summed E-state index contributed by atoms with van der Waals surface area (Å²) in [6.45, 7) is 1.80. The molecule has 0 unspecified atom stereocenters. The molecule has 4 nitrogen and oxygen atoms in total. The molecule has 0 saturated heterocycles. The van der Waals surface area contributed by atoms with Crippen LogP contribution in [-0.4, -0.2) is 25.9 Å². The molecular weight excluding hydrogens is 252 g/mol. The predicted molar refractivity (Wildman–Crippen MR) is 73.7 cm³/mol. The molecule has 0 aliphatic carbocycles. The molecule has 0 aromatic carbocycles. The first-order chi connectivity index (χ1) is 8.62. The second-order valence-corrected chi connectivity index (χ2v) is 6.08. The molecule has 1 N–H and O–H groups in total. The van der Waals surface area contributed by atoms with Crippen LogP contribution in [0.5, 0.6) is 0 Å². The third-order valence-corrected chi connectivity index (χ3v) is 3.70. The third kappa shape index (κ3) is 11.9. The Morgan fingerprint density at radius 2 is 1.67 bits per heavy atom. The fourth-order valence-corrected chi connectivity index (χ4v) is 2.14. The first-order valence-electron chi connectivity index (χ1n) is 6.79.